The standard InChI is InChI=1S/C48H34N2O.C45H28N2OS.C45H30N2O/c1-48(2)42-16-10-9-15-39(42)40-27-26-38(30-43(40)48)50(36-23-19-32(20-24-36)31-11-5-3-6-12-31)37-25-21-33-17-18-34-22-28-44-46(45(34)41(33)29-37)51-47(49-44)35-13-7-4-8-14-35;1-3-10-29(11-4-1)30-20-24-34(25-21-30)47(40-16-9-15-37-36-14-7-8-17-41(36)49-44(37)40)35-26-22-31-18-19-32-23-27-39-43(42(32)38(31)28-35)48-45(46-39)33-12-5-2-6-13-33;1-4-10-31(11-5-1)33-18-24-38(25-19-33)47(39-26-20-34(21-27-39)32-12-6-2-7-13-32)40-28-22-35-16-17-36-23-29-42-44(43(36)41(35)30-40)48-45(46-42)37-14-8-3-9-15-37/h3-30H,1-2H3;1-28H;1-30H. The van der Waals surface area contributed by atoms with Crippen LogP contribution in [0.25, 0.3) is 208 Å². The molecule has 0 saturated heterocycles. The molecule has 24 aromatic carbocycles. The topological polar surface area (TPSA) is 87.8 Å². The van der Waals surface area contributed by atoms with Gasteiger partial charge >= 0.3 is 0 Å². The predicted molar refractivity (Wildman–Crippen MR) is 620 cm³/mol. The molecular weight excluding hydrogens is 1820 g/mol. The highest BCUT2D eigenvalue weighted by Gasteiger charge is 2.36. The van der Waals surface area contributed by atoms with Crippen LogP contribution in [0.2, 0.25) is 0 Å². The fourth-order valence-electron chi connectivity index (χ4n) is 21.9. The second kappa shape index (κ2) is 37.0. The molecule has 0 atom stereocenters. The first-order chi connectivity index (χ1) is 73.1. The van der Waals surface area contributed by atoms with Crippen molar-refractivity contribution in [1.82, 2.24) is 15.0 Å². The molecule has 0 spiro atoms. The molecule has 148 heavy (non-hydrogen) atoms. The van der Waals surface area contributed by atoms with Crippen LogP contribution in [0.3, 0.4) is 0 Å². The van der Waals surface area contributed by atoms with Gasteiger partial charge in [0.05, 0.1) is 10.4 Å². The van der Waals surface area contributed by atoms with Gasteiger partial charge in [-0.3, -0.25) is 0 Å². The molecule has 0 unspecified atom stereocenters. The molecule has 0 radical (unpaired) electrons. The van der Waals surface area contributed by atoms with Crippen molar-refractivity contribution in [2.24, 2.45) is 0 Å². The minimum absolute atomic E-state index is 0.112. The van der Waals surface area contributed by atoms with Crippen LogP contribution in [0.5, 0.6) is 0 Å². The zero-order chi connectivity index (χ0) is 98.3. The van der Waals surface area contributed by atoms with Crippen molar-refractivity contribution in [3.63, 3.8) is 0 Å². The Kier molecular flexibility index (Phi) is 22.0. The highest BCUT2D eigenvalue weighted by atomic mass is 32.1. The van der Waals surface area contributed by atoms with Crippen LogP contribution in [0.1, 0.15) is 25.0 Å². The summed E-state index contributed by atoms with van der Waals surface area (Å²) < 4.78 is 22.2. The van der Waals surface area contributed by atoms with Crippen LogP contribution < -0.4 is 14.7 Å². The van der Waals surface area contributed by atoms with E-state index >= 15 is 0 Å². The maximum absolute atomic E-state index is 6.58. The third-order valence-corrected chi connectivity index (χ3v) is 30.4. The van der Waals surface area contributed by atoms with E-state index < -0.39 is 0 Å². The van der Waals surface area contributed by atoms with E-state index in [0.29, 0.717) is 17.7 Å². The number of aromatic nitrogens is 3. The lowest BCUT2D eigenvalue weighted by Crippen LogP contribution is -2.16. The van der Waals surface area contributed by atoms with Crippen molar-refractivity contribution in [1.29, 1.82) is 0 Å². The molecule has 9 nitrogen and oxygen atoms in total. The zero-order valence-electron chi connectivity index (χ0n) is 81.0. The maximum atomic E-state index is 6.58. The van der Waals surface area contributed by atoms with Crippen molar-refractivity contribution in [3.05, 3.63) is 533 Å². The molecular formula is C138H92N6O3S. The fraction of sp³-hybridized carbons (Fsp3) is 0.0217. The summed E-state index contributed by atoms with van der Waals surface area (Å²) in [6, 6.07) is 185. The molecule has 29 rings (SSSR count). The van der Waals surface area contributed by atoms with Crippen molar-refractivity contribution in [2.75, 3.05) is 14.7 Å². The number of hydrogen-bond donors (Lipinski definition) is 0. The van der Waals surface area contributed by atoms with Crippen molar-refractivity contribution >= 4 is 181 Å². The van der Waals surface area contributed by atoms with Gasteiger partial charge in [-0.2, -0.15) is 0 Å². The van der Waals surface area contributed by atoms with Gasteiger partial charge in [0.25, 0.3) is 0 Å². The molecule has 28 aromatic rings. The van der Waals surface area contributed by atoms with E-state index in [2.05, 4.69) is 459 Å². The van der Waals surface area contributed by atoms with Crippen molar-refractivity contribution in [3.8, 4) is 90.0 Å². The first kappa shape index (κ1) is 87.9. The maximum Gasteiger partial charge on any atom is 0.227 e. The Labute approximate surface area is 859 Å². The van der Waals surface area contributed by atoms with Crippen LogP contribution in [0.4, 0.5) is 51.2 Å². The lowest BCUT2D eigenvalue weighted by atomic mass is 9.82. The summed E-state index contributed by atoms with van der Waals surface area (Å²) in [5, 5.41) is 16.0. The van der Waals surface area contributed by atoms with Crippen LogP contribution in [-0.2, 0) is 5.41 Å². The Balaban J connectivity index is 0.000000110. The average molecular weight is 1910 g/mol. The zero-order valence-corrected chi connectivity index (χ0v) is 81.8. The summed E-state index contributed by atoms with van der Waals surface area (Å²) in [6.45, 7) is 4.68. The molecule has 0 N–H and O–H groups in total. The molecule has 10 heteroatoms. The molecule has 4 heterocycles. The molecule has 0 aliphatic heterocycles. The molecule has 1 aliphatic rings. The summed E-state index contributed by atoms with van der Waals surface area (Å²) >= 11 is 1.85. The molecule has 0 saturated carbocycles. The second-order valence-electron chi connectivity index (χ2n) is 38.4. The minimum atomic E-state index is -0.112. The predicted octanol–water partition coefficient (Wildman–Crippen LogP) is 39.2. The summed E-state index contributed by atoms with van der Waals surface area (Å²) in [6.07, 6.45) is 0. The van der Waals surface area contributed by atoms with Crippen molar-refractivity contribution in [2.45, 2.75) is 19.3 Å². The molecule has 0 amide bonds. The minimum Gasteiger partial charge on any atom is -0.435 e. The van der Waals surface area contributed by atoms with Gasteiger partial charge in [0.15, 0.2) is 16.7 Å². The van der Waals surface area contributed by atoms with Gasteiger partial charge in [-0.05, 0) is 279 Å². The number of rotatable bonds is 16. The number of oxazole rings is 3. The number of nitrogens with zero attached hydrogens (tertiary/aromatic N) is 6. The monoisotopic (exact) mass is 1910 g/mol. The van der Waals surface area contributed by atoms with E-state index in [1.807, 2.05) is 102 Å². The first-order valence-electron chi connectivity index (χ1n) is 50.2. The van der Waals surface area contributed by atoms with E-state index in [-0.39, 0.29) is 5.41 Å². The van der Waals surface area contributed by atoms with Gasteiger partial charge in [-0.15, -0.1) is 11.3 Å². The van der Waals surface area contributed by atoms with E-state index in [9.17, 15) is 0 Å². The second-order valence-corrected chi connectivity index (χ2v) is 39.5. The van der Waals surface area contributed by atoms with Crippen LogP contribution in [0, 0.1) is 0 Å². The quantitative estimate of drug-likeness (QED) is 0.0878. The Morgan fingerprint density at radius 2 is 0.480 bits per heavy atom. The highest BCUT2D eigenvalue weighted by Crippen LogP contribution is 2.54. The SMILES string of the molecule is CC1(C)c2ccccc2-c2ccc(N(c3ccc(-c4ccccc4)cc3)c3ccc4ccc5ccc6nc(-c7ccccc7)oc6c5c4c3)cc21.c1ccc(-c2ccc(N(c3ccc(-c4ccccc4)cc3)c3ccc4ccc5ccc6nc(-c7ccccc7)oc6c5c4c3)cc2)cc1.c1ccc(-c2ccc(N(c3ccc4ccc5ccc6nc(-c7ccccc7)oc6c5c4c3)c3cccc4c3sc3ccccc34)cc2)cc1. The average Bonchev–Trinajstić information content (AvgIpc) is 1.50. The molecule has 0 bridgehead atoms. The van der Waals surface area contributed by atoms with E-state index in [1.54, 1.807) is 0 Å². The Hall–Kier alpha value is -19.1. The van der Waals surface area contributed by atoms with Gasteiger partial charge in [0, 0.05) is 99.2 Å². The number of benzene rings is 24. The van der Waals surface area contributed by atoms with Crippen LogP contribution >= 0.6 is 11.3 Å². The normalized spacial score (nSPS) is 12.0. The number of hydrogen-bond acceptors (Lipinski definition) is 10. The summed E-state index contributed by atoms with van der Waals surface area (Å²) in [5.74, 6) is 1.89. The third kappa shape index (κ3) is 16.0. The molecule has 1 aliphatic carbocycles. The Bertz CT molecular complexity index is 9830. The fourth-order valence-corrected chi connectivity index (χ4v) is 23.1. The van der Waals surface area contributed by atoms with Gasteiger partial charge in [0.1, 0.15) is 16.6 Å². The van der Waals surface area contributed by atoms with E-state index in [0.717, 1.165) is 166 Å². The highest BCUT2D eigenvalue weighted by molar-refractivity contribution is 7.26. The van der Waals surface area contributed by atoms with Crippen LogP contribution in [0.15, 0.2) is 535 Å². The molecule has 698 valence electrons. The van der Waals surface area contributed by atoms with Gasteiger partial charge in [-0.1, -0.05) is 372 Å². The van der Waals surface area contributed by atoms with Gasteiger partial charge < -0.3 is 28.0 Å². The molecule has 4 aromatic heterocycles. The Morgan fingerprint density at radius 3 is 0.872 bits per heavy atom. The van der Waals surface area contributed by atoms with Crippen molar-refractivity contribution < 1.29 is 13.3 Å². The third-order valence-electron chi connectivity index (χ3n) is 29.2. The van der Waals surface area contributed by atoms with Crippen LogP contribution in [-0.4, -0.2) is 15.0 Å². The molecule has 0 fully saturated rings. The number of thiophene rings is 1. The van der Waals surface area contributed by atoms with E-state index in [4.69, 9.17) is 28.2 Å². The lowest BCUT2D eigenvalue weighted by molar-refractivity contribution is 0.623. The number of anilines is 9. The summed E-state index contributed by atoms with van der Waals surface area (Å²) in [7, 11) is 0. The van der Waals surface area contributed by atoms with Gasteiger partial charge in [0.2, 0.25) is 17.7 Å². The Morgan fingerprint density at radius 1 is 0.203 bits per heavy atom. The first-order valence-corrected chi connectivity index (χ1v) is 51.0. The van der Waals surface area contributed by atoms with E-state index in [1.165, 1.54) is 86.9 Å². The number of fused-ring (bicyclic) bond motifs is 21. The largest absolute Gasteiger partial charge is 0.435 e. The van der Waals surface area contributed by atoms with Gasteiger partial charge in [-0.25, -0.2) is 15.0 Å². The summed E-state index contributed by atoms with van der Waals surface area (Å²) in [5.41, 5.74) is 32.5. The summed E-state index contributed by atoms with van der Waals surface area (Å²) in [4.78, 5) is 21.8. The lowest BCUT2D eigenvalue weighted by Gasteiger charge is -2.28. The smallest absolute Gasteiger partial charge is 0.227 e.